The zero-order chi connectivity index (χ0) is 15.4. The normalized spacial score (nSPS) is 26.1. The van der Waals surface area contributed by atoms with Crippen LogP contribution in [0.15, 0.2) is 30.3 Å². The predicted octanol–water partition coefficient (Wildman–Crippen LogP) is 2.16. The van der Waals surface area contributed by atoms with Crippen molar-refractivity contribution in [1.82, 2.24) is 10.2 Å². The molecule has 2 fully saturated rings. The molecule has 1 N–H and O–H groups in total. The van der Waals surface area contributed by atoms with Crippen LogP contribution in [0.5, 0.6) is 0 Å². The number of hydrogen-bond donors (Lipinski definition) is 1. The van der Waals surface area contributed by atoms with Gasteiger partial charge in [0.25, 0.3) is 0 Å². The third-order valence-electron chi connectivity index (χ3n) is 4.64. The van der Waals surface area contributed by atoms with Crippen molar-refractivity contribution in [2.24, 2.45) is 0 Å². The lowest BCUT2D eigenvalue weighted by Crippen LogP contribution is -2.48. The zero-order valence-corrected chi connectivity index (χ0v) is 13.0. The highest BCUT2D eigenvalue weighted by Crippen LogP contribution is 2.32. The molecule has 3 atom stereocenters. The number of nitrogens with zero attached hydrogens (tertiary/aromatic N) is 1. The summed E-state index contributed by atoms with van der Waals surface area (Å²) in [5.74, 6) is 0. The van der Waals surface area contributed by atoms with Crippen LogP contribution in [0, 0.1) is 0 Å². The van der Waals surface area contributed by atoms with Crippen molar-refractivity contribution in [1.29, 1.82) is 0 Å². The van der Waals surface area contributed by atoms with Crippen LogP contribution < -0.4 is 5.32 Å². The number of rotatable bonds is 6. The maximum atomic E-state index is 12.5. The molecule has 1 amide bonds. The van der Waals surface area contributed by atoms with Gasteiger partial charge < -0.3 is 19.7 Å². The highest BCUT2D eigenvalue weighted by Gasteiger charge is 2.43. The second kappa shape index (κ2) is 7.11. The van der Waals surface area contributed by atoms with Gasteiger partial charge in [0, 0.05) is 25.7 Å². The predicted molar refractivity (Wildman–Crippen MR) is 83.6 cm³/mol. The molecule has 1 aromatic carbocycles. The average Bonchev–Trinajstić information content (AvgIpc) is 3.17. The van der Waals surface area contributed by atoms with Gasteiger partial charge in [-0.25, -0.2) is 4.79 Å². The van der Waals surface area contributed by atoms with Gasteiger partial charge in [0.15, 0.2) is 0 Å². The van der Waals surface area contributed by atoms with Crippen LogP contribution in [-0.4, -0.2) is 49.4 Å². The van der Waals surface area contributed by atoms with E-state index in [1.165, 1.54) is 6.42 Å². The van der Waals surface area contributed by atoms with Crippen LogP contribution in [0.1, 0.15) is 24.8 Å². The maximum absolute atomic E-state index is 12.5. The number of hydrogen-bond acceptors (Lipinski definition) is 4. The molecule has 3 rings (SSSR count). The second-order valence-corrected chi connectivity index (χ2v) is 6.08. The summed E-state index contributed by atoms with van der Waals surface area (Å²) in [6.07, 6.45) is 3.15. The van der Waals surface area contributed by atoms with E-state index < -0.39 is 0 Å². The van der Waals surface area contributed by atoms with Crippen molar-refractivity contribution >= 4 is 6.09 Å². The molecule has 2 aliphatic rings. The number of fused-ring (bicyclic) bond motifs is 2. The highest BCUT2D eigenvalue weighted by atomic mass is 16.6. The molecule has 0 saturated carbocycles. The molecular formula is C17H24N2O3. The molecule has 120 valence electrons. The minimum absolute atomic E-state index is 0.233. The number of benzene rings is 1. The fourth-order valence-electron chi connectivity index (χ4n) is 3.52. The van der Waals surface area contributed by atoms with Crippen molar-refractivity contribution in [3.63, 3.8) is 0 Å². The summed E-state index contributed by atoms with van der Waals surface area (Å²) in [5.41, 5.74) is 1.01. The largest absolute Gasteiger partial charge is 0.445 e. The first kappa shape index (κ1) is 15.3. The minimum Gasteiger partial charge on any atom is -0.445 e. The molecule has 0 aliphatic carbocycles. The molecule has 5 heteroatoms. The first-order valence-electron chi connectivity index (χ1n) is 8.00. The van der Waals surface area contributed by atoms with Crippen molar-refractivity contribution in [3.8, 4) is 0 Å². The van der Waals surface area contributed by atoms with Crippen molar-refractivity contribution in [2.45, 2.75) is 44.0 Å². The molecule has 1 unspecified atom stereocenters. The number of carbonyl (C=O) groups is 1. The van der Waals surface area contributed by atoms with Crippen LogP contribution in [0.3, 0.4) is 0 Å². The number of carbonyl (C=O) groups excluding carboxylic acids is 1. The fraction of sp³-hybridized carbons (Fsp3) is 0.588. The van der Waals surface area contributed by atoms with Crippen molar-refractivity contribution in [3.05, 3.63) is 35.9 Å². The molecule has 0 spiro atoms. The molecule has 5 nitrogen and oxygen atoms in total. The molecule has 2 aliphatic heterocycles. The first-order chi connectivity index (χ1) is 10.8. The first-order valence-corrected chi connectivity index (χ1v) is 8.00. The number of nitrogens with one attached hydrogen (secondary N) is 1. The molecule has 2 saturated heterocycles. The molecule has 2 heterocycles. The number of methoxy groups -OCH3 is 1. The van der Waals surface area contributed by atoms with Gasteiger partial charge in [0.1, 0.15) is 6.61 Å². The number of ether oxygens (including phenoxy) is 2. The van der Waals surface area contributed by atoms with Gasteiger partial charge in [-0.05, 0) is 24.8 Å². The maximum Gasteiger partial charge on any atom is 0.410 e. The third-order valence-corrected chi connectivity index (χ3v) is 4.64. The highest BCUT2D eigenvalue weighted by molar-refractivity contribution is 5.68. The van der Waals surface area contributed by atoms with E-state index in [1.807, 2.05) is 35.2 Å². The fourth-order valence-corrected chi connectivity index (χ4v) is 3.52. The van der Waals surface area contributed by atoms with Gasteiger partial charge in [-0.15, -0.1) is 0 Å². The Bertz CT molecular complexity index is 494. The lowest BCUT2D eigenvalue weighted by Gasteiger charge is -2.32. The molecule has 1 aromatic rings. The van der Waals surface area contributed by atoms with Gasteiger partial charge in [-0.3, -0.25) is 0 Å². The Balaban J connectivity index is 1.60. The summed E-state index contributed by atoms with van der Waals surface area (Å²) in [6.45, 7) is 1.44. The van der Waals surface area contributed by atoms with Crippen molar-refractivity contribution in [2.75, 3.05) is 20.3 Å². The van der Waals surface area contributed by atoms with Crippen molar-refractivity contribution < 1.29 is 14.3 Å². The van der Waals surface area contributed by atoms with Gasteiger partial charge in [0.05, 0.1) is 12.6 Å². The average molecular weight is 304 g/mol. The van der Waals surface area contributed by atoms with Gasteiger partial charge in [0.2, 0.25) is 0 Å². The van der Waals surface area contributed by atoms with E-state index in [1.54, 1.807) is 7.11 Å². The van der Waals surface area contributed by atoms with Crippen LogP contribution >= 0.6 is 0 Å². The Morgan fingerprint density at radius 2 is 2.14 bits per heavy atom. The Labute approximate surface area is 131 Å². The summed E-state index contributed by atoms with van der Waals surface area (Å²) in [5, 5.41) is 3.57. The Kier molecular flexibility index (Phi) is 4.95. The van der Waals surface area contributed by atoms with Crippen LogP contribution in [0.4, 0.5) is 4.79 Å². The third kappa shape index (κ3) is 3.42. The van der Waals surface area contributed by atoms with Crippen LogP contribution in [-0.2, 0) is 16.1 Å². The summed E-state index contributed by atoms with van der Waals surface area (Å²) in [6, 6.07) is 11.0. The van der Waals surface area contributed by atoms with E-state index in [9.17, 15) is 4.79 Å². The molecule has 0 radical (unpaired) electrons. The second-order valence-electron chi connectivity index (χ2n) is 6.08. The van der Waals surface area contributed by atoms with Gasteiger partial charge >= 0.3 is 6.09 Å². The SMILES string of the molecule is COCCN(C(=O)OCc1ccccc1)C1C[C@H]2CC[C@@H]1N2. The Morgan fingerprint density at radius 3 is 2.77 bits per heavy atom. The van der Waals surface area contributed by atoms with Gasteiger partial charge in [-0.2, -0.15) is 0 Å². The molecule has 2 bridgehead atoms. The smallest absolute Gasteiger partial charge is 0.410 e. The van der Waals surface area contributed by atoms with E-state index in [2.05, 4.69) is 5.32 Å². The topological polar surface area (TPSA) is 50.8 Å². The van der Waals surface area contributed by atoms with E-state index in [0.29, 0.717) is 31.8 Å². The van der Waals surface area contributed by atoms with E-state index >= 15 is 0 Å². The Hall–Kier alpha value is -1.59. The summed E-state index contributed by atoms with van der Waals surface area (Å²) in [4.78, 5) is 14.4. The number of amides is 1. The summed E-state index contributed by atoms with van der Waals surface area (Å²) >= 11 is 0. The molecule has 0 aromatic heterocycles. The molecular weight excluding hydrogens is 280 g/mol. The lowest BCUT2D eigenvalue weighted by atomic mass is 9.94. The monoisotopic (exact) mass is 304 g/mol. The van der Waals surface area contributed by atoms with E-state index in [-0.39, 0.29) is 12.1 Å². The summed E-state index contributed by atoms with van der Waals surface area (Å²) < 4.78 is 10.7. The zero-order valence-electron chi connectivity index (χ0n) is 13.0. The van der Waals surface area contributed by atoms with E-state index in [0.717, 1.165) is 18.4 Å². The Morgan fingerprint density at radius 1 is 1.32 bits per heavy atom. The standard InChI is InChI=1S/C17H24N2O3/c1-21-10-9-19(16-11-14-7-8-15(16)18-14)17(20)22-12-13-5-3-2-4-6-13/h2-6,14-16,18H,7-12H2,1H3/t14-,15+,16?/m1/s1. The van der Waals surface area contributed by atoms with Crippen LogP contribution in [0.2, 0.25) is 0 Å². The minimum atomic E-state index is -0.236. The van der Waals surface area contributed by atoms with E-state index in [4.69, 9.17) is 9.47 Å². The van der Waals surface area contributed by atoms with Gasteiger partial charge in [-0.1, -0.05) is 30.3 Å². The molecule has 22 heavy (non-hydrogen) atoms. The lowest BCUT2D eigenvalue weighted by molar-refractivity contribution is 0.0602. The summed E-state index contributed by atoms with van der Waals surface area (Å²) in [7, 11) is 1.66. The van der Waals surface area contributed by atoms with Crippen LogP contribution in [0.25, 0.3) is 0 Å². The quantitative estimate of drug-likeness (QED) is 0.875.